The maximum absolute atomic E-state index is 12.5. The lowest BCUT2D eigenvalue weighted by Gasteiger charge is -2.13. The Morgan fingerprint density at radius 1 is 1.30 bits per heavy atom. The second-order valence-corrected chi connectivity index (χ2v) is 6.95. The maximum atomic E-state index is 12.5. The van der Waals surface area contributed by atoms with Gasteiger partial charge in [0.15, 0.2) is 0 Å². The fourth-order valence-electron chi connectivity index (χ4n) is 2.63. The maximum Gasteiger partial charge on any atom is 0.309 e. The van der Waals surface area contributed by atoms with Crippen LogP contribution in [0.4, 0.5) is 11.4 Å². The molecule has 0 spiro atoms. The number of rotatable bonds is 6. The molecule has 1 unspecified atom stereocenters. The van der Waals surface area contributed by atoms with E-state index in [9.17, 15) is 14.9 Å². The van der Waals surface area contributed by atoms with Gasteiger partial charge in [-0.3, -0.25) is 24.3 Å². The van der Waals surface area contributed by atoms with E-state index in [0.29, 0.717) is 17.9 Å². The van der Waals surface area contributed by atoms with Crippen LogP contribution in [0.2, 0.25) is 0 Å². The lowest BCUT2D eigenvalue weighted by Crippen LogP contribution is -2.25. The first kappa shape index (κ1) is 18.8. The summed E-state index contributed by atoms with van der Waals surface area (Å²) >= 11 is 3.39. The van der Waals surface area contributed by atoms with Crippen molar-refractivity contribution in [2.45, 2.75) is 26.4 Å². The normalized spacial score (nSPS) is 12.0. The number of hydrogen-bond acceptors (Lipinski definition) is 5. The topological polar surface area (TPSA) is 108 Å². The van der Waals surface area contributed by atoms with Crippen molar-refractivity contribution >= 4 is 33.2 Å². The summed E-state index contributed by atoms with van der Waals surface area (Å²) in [5.74, 6) is -0.334. The standard InChI is InChI=1S/C17H17BrN6O3/c1-11-16(24(26)27)8-20-23(11)12(2)17(25)21-15-7-19-22(10-15)9-13-3-5-14(18)6-4-13/h3-8,10,12H,9H2,1-2H3,(H,21,25). The predicted molar refractivity (Wildman–Crippen MR) is 102 cm³/mol. The van der Waals surface area contributed by atoms with Gasteiger partial charge in [-0.15, -0.1) is 0 Å². The Balaban J connectivity index is 1.66. The molecular weight excluding hydrogens is 416 g/mol. The quantitative estimate of drug-likeness (QED) is 0.474. The molecule has 1 aromatic carbocycles. The lowest BCUT2D eigenvalue weighted by atomic mass is 10.2. The molecule has 2 aromatic heterocycles. The summed E-state index contributed by atoms with van der Waals surface area (Å²) < 4.78 is 4.05. The van der Waals surface area contributed by atoms with E-state index in [2.05, 4.69) is 31.4 Å². The molecule has 0 fully saturated rings. The number of nitro groups is 1. The first-order chi connectivity index (χ1) is 12.8. The van der Waals surface area contributed by atoms with Crippen molar-refractivity contribution in [3.05, 3.63) is 68.7 Å². The molecule has 0 saturated heterocycles. The predicted octanol–water partition coefficient (Wildman–Crippen LogP) is 3.31. The minimum Gasteiger partial charge on any atom is -0.322 e. The molecule has 3 rings (SSSR count). The van der Waals surface area contributed by atoms with E-state index in [1.54, 1.807) is 30.9 Å². The number of carbonyl (C=O) groups excluding carboxylic acids is 1. The Hall–Kier alpha value is -3.01. The van der Waals surface area contributed by atoms with Crippen LogP contribution in [-0.2, 0) is 11.3 Å². The molecule has 1 atom stereocenters. The summed E-state index contributed by atoms with van der Waals surface area (Å²) in [7, 11) is 0. The third-order valence-corrected chi connectivity index (χ3v) is 4.65. The third kappa shape index (κ3) is 4.22. The Bertz CT molecular complexity index is 979. The van der Waals surface area contributed by atoms with Crippen LogP contribution in [0.5, 0.6) is 0 Å². The first-order valence-electron chi connectivity index (χ1n) is 8.11. The zero-order valence-electron chi connectivity index (χ0n) is 14.7. The molecule has 10 heteroatoms. The molecule has 1 amide bonds. The molecule has 1 N–H and O–H groups in total. The van der Waals surface area contributed by atoms with Gasteiger partial charge in [0, 0.05) is 10.7 Å². The molecule has 0 aliphatic rings. The van der Waals surface area contributed by atoms with E-state index in [1.807, 2.05) is 24.3 Å². The number of aromatic nitrogens is 4. The SMILES string of the molecule is Cc1c([N+](=O)[O-])cnn1C(C)C(=O)Nc1cnn(Cc2ccc(Br)cc2)c1. The van der Waals surface area contributed by atoms with Crippen molar-refractivity contribution in [1.82, 2.24) is 19.6 Å². The molecular formula is C17H17BrN6O3. The molecule has 0 bridgehead atoms. The largest absolute Gasteiger partial charge is 0.322 e. The van der Waals surface area contributed by atoms with Crippen molar-refractivity contribution < 1.29 is 9.72 Å². The van der Waals surface area contributed by atoms with Crippen LogP contribution >= 0.6 is 15.9 Å². The Kier molecular flexibility index (Phi) is 5.36. The monoisotopic (exact) mass is 432 g/mol. The number of halogens is 1. The van der Waals surface area contributed by atoms with Gasteiger partial charge >= 0.3 is 5.69 Å². The van der Waals surface area contributed by atoms with Gasteiger partial charge in [0.05, 0.1) is 23.4 Å². The fraction of sp³-hybridized carbons (Fsp3) is 0.235. The van der Waals surface area contributed by atoms with Crippen molar-refractivity contribution in [3.63, 3.8) is 0 Å². The highest BCUT2D eigenvalue weighted by molar-refractivity contribution is 9.10. The van der Waals surface area contributed by atoms with E-state index in [4.69, 9.17) is 0 Å². The van der Waals surface area contributed by atoms with Crippen LogP contribution in [0.3, 0.4) is 0 Å². The van der Waals surface area contributed by atoms with Gasteiger partial charge < -0.3 is 5.32 Å². The Morgan fingerprint density at radius 3 is 2.63 bits per heavy atom. The minimum absolute atomic E-state index is 0.114. The molecule has 140 valence electrons. The van der Waals surface area contributed by atoms with Gasteiger partial charge in [0.1, 0.15) is 17.9 Å². The Labute approximate surface area is 163 Å². The number of amides is 1. The molecule has 0 saturated carbocycles. The number of nitrogens with one attached hydrogen (secondary N) is 1. The summed E-state index contributed by atoms with van der Waals surface area (Å²) in [5, 5.41) is 21.9. The number of anilines is 1. The summed E-state index contributed by atoms with van der Waals surface area (Å²) in [4.78, 5) is 22.9. The van der Waals surface area contributed by atoms with Gasteiger partial charge in [-0.25, -0.2) is 0 Å². The van der Waals surface area contributed by atoms with Crippen molar-refractivity contribution in [2.75, 3.05) is 5.32 Å². The van der Waals surface area contributed by atoms with Crippen LogP contribution in [0, 0.1) is 17.0 Å². The number of nitrogens with zero attached hydrogens (tertiary/aromatic N) is 5. The second kappa shape index (κ2) is 7.70. The molecule has 3 aromatic rings. The highest BCUT2D eigenvalue weighted by Gasteiger charge is 2.24. The number of benzene rings is 1. The zero-order valence-corrected chi connectivity index (χ0v) is 16.3. The third-order valence-electron chi connectivity index (χ3n) is 4.12. The van der Waals surface area contributed by atoms with Crippen molar-refractivity contribution in [3.8, 4) is 0 Å². The lowest BCUT2D eigenvalue weighted by molar-refractivity contribution is -0.385. The Morgan fingerprint density at radius 2 is 2.00 bits per heavy atom. The van der Waals surface area contributed by atoms with Gasteiger partial charge in [-0.1, -0.05) is 28.1 Å². The molecule has 0 aliphatic carbocycles. The van der Waals surface area contributed by atoms with Crippen LogP contribution in [0.15, 0.2) is 47.3 Å². The van der Waals surface area contributed by atoms with Crippen LogP contribution in [-0.4, -0.2) is 30.4 Å². The first-order valence-corrected chi connectivity index (χ1v) is 8.90. The van der Waals surface area contributed by atoms with Crippen LogP contribution in [0.25, 0.3) is 0 Å². The summed E-state index contributed by atoms with van der Waals surface area (Å²) in [6.07, 6.45) is 4.43. The van der Waals surface area contributed by atoms with Gasteiger partial charge in [-0.2, -0.15) is 10.2 Å². The average molecular weight is 433 g/mol. The van der Waals surface area contributed by atoms with E-state index in [1.165, 1.54) is 4.68 Å². The zero-order chi connectivity index (χ0) is 19.6. The van der Waals surface area contributed by atoms with E-state index >= 15 is 0 Å². The highest BCUT2D eigenvalue weighted by Crippen LogP contribution is 2.21. The van der Waals surface area contributed by atoms with Gasteiger partial charge in [0.2, 0.25) is 5.91 Å². The fourth-order valence-corrected chi connectivity index (χ4v) is 2.90. The van der Waals surface area contributed by atoms with E-state index in [-0.39, 0.29) is 11.6 Å². The summed E-state index contributed by atoms with van der Waals surface area (Å²) in [6, 6.07) is 7.18. The van der Waals surface area contributed by atoms with Crippen LogP contribution < -0.4 is 5.32 Å². The van der Waals surface area contributed by atoms with Crippen molar-refractivity contribution in [2.24, 2.45) is 0 Å². The van der Waals surface area contributed by atoms with Gasteiger partial charge in [-0.05, 0) is 31.5 Å². The summed E-state index contributed by atoms with van der Waals surface area (Å²) in [5.41, 5.74) is 1.83. The van der Waals surface area contributed by atoms with Crippen LogP contribution in [0.1, 0.15) is 24.2 Å². The molecule has 2 heterocycles. The minimum atomic E-state index is -0.700. The van der Waals surface area contributed by atoms with E-state index in [0.717, 1.165) is 16.2 Å². The number of carbonyl (C=O) groups is 1. The molecule has 9 nitrogen and oxygen atoms in total. The van der Waals surface area contributed by atoms with Crippen molar-refractivity contribution in [1.29, 1.82) is 0 Å². The molecule has 27 heavy (non-hydrogen) atoms. The average Bonchev–Trinajstić information content (AvgIpc) is 3.22. The molecule has 0 aliphatic heterocycles. The molecule has 0 radical (unpaired) electrons. The van der Waals surface area contributed by atoms with E-state index < -0.39 is 11.0 Å². The smallest absolute Gasteiger partial charge is 0.309 e. The van der Waals surface area contributed by atoms with Gasteiger partial charge in [0.25, 0.3) is 0 Å². The number of hydrogen-bond donors (Lipinski definition) is 1. The summed E-state index contributed by atoms with van der Waals surface area (Å²) in [6.45, 7) is 3.76. The second-order valence-electron chi connectivity index (χ2n) is 6.04. The highest BCUT2D eigenvalue weighted by atomic mass is 79.9.